The van der Waals surface area contributed by atoms with Gasteiger partial charge in [0.2, 0.25) is 5.91 Å². The van der Waals surface area contributed by atoms with E-state index >= 15 is 0 Å². The van der Waals surface area contributed by atoms with Gasteiger partial charge in [-0.2, -0.15) is 0 Å². The van der Waals surface area contributed by atoms with Crippen molar-refractivity contribution in [2.45, 2.75) is 38.8 Å². The van der Waals surface area contributed by atoms with Gasteiger partial charge >= 0.3 is 0 Å². The molecule has 0 bridgehead atoms. The molecule has 5 heteroatoms. The Morgan fingerprint density at radius 2 is 1.77 bits per heavy atom. The van der Waals surface area contributed by atoms with Gasteiger partial charge in [0.25, 0.3) is 0 Å². The molecule has 0 radical (unpaired) electrons. The maximum Gasteiger partial charge on any atom is 0.231 e. The van der Waals surface area contributed by atoms with Gasteiger partial charge in [-0.3, -0.25) is 14.6 Å². The molecule has 0 unspecified atom stereocenters. The van der Waals surface area contributed by atoms with Gasteiger partial charge < -0.3 is 10.1 Å². The van der Waals surface area contributed by atoms with E-state index in [1.165, 1.54) is 0 Å². The molecule has 1 amide bonds. The van der Waals surface area contributed by atoms with Crippen molar-refractivity contribution in [1.29, 1.82) is 0 Å². The monoisotopic (exact) mass is 464 g/mol. The number of nitrogens with zero attached hydrogens (tertiary/aromatic N) is 1. The summed E-state index contributed by atoms with van der Waals surface area (Å²) in [5.74, 6) is 0.269. The lowest BCUT2D eigenvalue weighted by molar-refractivity contribution is -0.127. The fraction of sp³-hybridized carbons (Fsp3) is 0.233. The van der Waals surface area contributed by atoms with Crippen LogP contribution >= 0.6 is 0 Å². The number of ketones is 1. The number of aryl methyl sites for hydroxylation is 1. The number of carbonyl (C=O) groups excluding carboxylic acids is 2. The Balaban J connectivity index is 1.37. The highest BCUT2D eigenvalue weighted by Gasteiger charge is 2.63. The van der Waals surface area contributed by atoms with E-state index < -0.39 is 5.41 Å². The first-order chi connectivity index (χ1) is 17.0. The van der Waals surface area contributed by atoms with Crippen LogP contribution in [-0.4, -0.2) is 16.7 Å². The molecule has 176 valence electrons. The third-order valence-corrected chi connectivity index (χ3v) is 6.83. The molecule has 0 saturated heterocycles. The summed E-state index contributed by atoms with van der Waals surface area (Å²) in [6, 6.07) is 27.4. The molecule has 0 spiro atoms. The summed E-state index contributed by atoms with van der Waals surface area (Å²) in [7, 11) is 0. The number of rotatable bonds is 8. The molecular formula is C30H28N2O3. The van der Waals surface area contributed by atoms with E-state index in [-0.39, 0.29) is 17.6 Å². The standard InChI is InChI=1S/C30H28N2O3/c1-20-15-23(26-13-6-7-14-28(26)32-20)19-35-25-12-8-11-24(16-25)30(17-27(30)21(2)33)29(34)31-18-22-9-4-3-5-10-22/h3-16,27H,17-19H2,1-2H3,(H,31,34)/t27-,30-/m0/s1. The lowest BCUT2D eigenvalue weighted by Gasteiger charge is -2.19. The van der Waals surface area contributed by atoms with Crippen molar-refractivity contribution in [3.05, 3.63) is 107 Å². The Bertz CT molecular complexity index is 1400. The summed E-state index contributed by atoms with van der Waals surface area (Å²) in [4.78, 5) is 30.3. The van der Waals surface area contributed by atoms with Crippen LogP contribution in [-0.2, 0) is 28.2 Å². The second-order valence-electron chi connectivity index (χ2n) is 9.26. The van der Waals surface area contributed by atoms with E-state index in [9.17, 15) is 9.59 Å². The Labute approximate surface area is 205 Å². The maximum atomic E-state index is 13.4. The lowest BCUT2D eigenvalue weighted by atomic mass is 9.90. The van der Waals surface area contributed by atoms with Gasteiger partial charge in [-0.15, -0.1) is 0 Å². The highest BCUT2D eigenvalue weighted by molar-refractivity contribution is 6.00. The second-order valence-corrected chi connectivity index (χ2v) is 9.26. The van der Waals surface area contributed by atoms with Gasteiger partial charge in [0.1, 0.15) is 18.1 Å². The number of fused-ring (bicyclic) bond motifs is 1. The molecule has 0 aliphatic heterocycles. The quantitative estimate of drug-likeness (QED) is 0.385. The number of hydrogen-bond acceptors (Lipinski definition) is 4. The van der Waals surface area contributed by atoms with Crippen LogP contribution in [0.15, 0.2) is 84.9 Å². The Morgan fingerprint density at radius 1 is 1.00 bits per heavy atom. The van der Waals surface area contributed by atoms with E-state index in [0.29, 0.717) is 25.3 Å². The minimum absolute atomic E-state index is 0.0323. The smallest absolute Gasteiger partial charge is 0.231 e. The zero-order valence-electron chi connectivity index (χ0n) is 20.0. The Kier molecular flexibility index (Phi) is 6.08. The van der Waals surface area contributed by atoms with Crippen molar-refractivity contribution in [3.63, 3.8) is 0 Å². The number of hydrogen-bond donors (Lipinski definition) is 1. The Hall–Kier alpha value is -3.99. The third-order valence-electron chi connectivity index (χ3n) is 6.83. The molecule has 5 rings (SSSR count). The van der Waals surface area contributed by atoms with Crippen molar-refractivity contribution >= 4 is 22.6 Å². The van der Waals surface area contributed by atoms with E-state index in [0.717, 1.165) is 33.3 Å². The van der Waals surface area contributed by atoms with Crippen molar-refractivity contribution in [3.8, 4) is 5.75 Å². The number of carbonyl (C=O) groups is 2. The maximum absolute atomic E-state index is 13.4. The topological polar surface area (TPSA) is 68.3 Å². The van der Waals surface area contributed by atoms with Gasteiger partial charge in [0.15, 0.2) is 0 Å². The summed E-state index contributed by atoms with van der Waals surface area (Å²) in [6.45, 7) is 4.35. The molecule has 1 aliphatic carbocycles. The van der Waals surface area contributed by atoms with Crippen LogP contribution in [0.5, 0.6) is 5.75 Å². The lowest BCUT2D eigenvalue weighted by Crippen LogP contribution is -2.36. The molecule has 5 nitrogen and oxygen atoms in total. The van der Waals surface area contributed by atoms with Gasteiger partial charge in [0.05, 0.1) is 10.9 Å². The molecule has 4 aromatic rings. The number of Topliss-reactive ketones (excluding diaryl/α,β-unsaturated/α-hetero) is 1. The van der Waals surface area contributed by atoms with Crippen LogP contribution in [0.4, 0.5) is 0 Å². The predicted molar refractivity (Wildman–Crippen MR) is 136 cm³/mol. The van der Waals surface area contributed by atoms with Crippen LogP contribution in [0, 0.1) is 12.8 Å². The average Bonchev–Trinajstić information content (AvgIpc) is 3.64. The molecule has 1 N–H and O–H groups in total. The van der Waals surface area contributed by atoms with E-state index in [1.807, 2.05) is 91.9 Å². The zero-order chi connectivity index (χ0) is 24.4. The van der Waals surface area contributed by atoms with Gasteiger partial charge in [-0.05, 0) is 55.7 Å². The first kappa shape index (κ1) is 22.8. The van der Waals surface area contributed by atoms with Gasteiger partial charge in [0, 0.05) is 29.1 Å². The van der Waals surface area contributed by atoms with E-state index in [1.54, 1.807) is 6.92 Å². The molecule has 1 aliphatic rings. The summed E-state index contributed by atoms with van der Waals surface area (Å²) < 4.78 is 6.18. The summed E-state index contributed by atoms with van der Waals surface area (Å²) in [5, 5.41) is 4.11. The largest absolute Gasteiger partial charge is 0.489 e. The second kappa shape index (κ2) is 9.34. The number of amides is 1. The van der Waals surface area contributed by atoms with E-state index in [4.69, 9.17) is 4.74 Å². The first-order valence-corrected chi connectivity index (χ1v) is 11.9. The number of benzene rings is 3. The number of nitrogens with one attached hydrogen (secondary N) is 1. The van der Waals surface area contributed by atoms with Crippen LogP contribution in [0.3, 0.4) is 0 Å². The molecule has 1 saturated carbocycles. The van der Waals surface area contributed by atoms with Crippen molar-refractivity contribution in [1.82, 2.24) is 10.3 Å². The summed E-state index contributed by atoms with van der Waals surface area (Å²) in [6.07, 6.45) is 0.514. The van der Waals surface area contributed by atoms with Gasteiger partial charge in [-0.1, -0.05) is 60.7 Å². The van der Waals surface area contributed by atoms with E-state index in [2.05, 4.69) is 10.3 Å². The van der Waals surface area contributed by atoms with Crippen molar-refractivity contribution < 1.29 is 14.3 Å². The summed E-state index contributed by atoms with van der Waals surface area (Å²) >= 11 is 0. The third kappa shape index (κ3) is 4.54. The highest BCUT2D eigenvalue weighted by Crippen LogP contribution is 2.55. The number of pyridine rings is 1. The number of ether oxygens (including phenoxy) is 1. The molecule has 3 aromatic carbocycles. The molecular weight excluding hydrogens is 436 g/mol. The molecule has 2 atom stereocenters. The number of aromatic nitrogens is 1. The van der Waals surface area contributed by atoms with Crippen molar-refractivity contribution in [2.24, 2.45) is 5.92 Å². The summed E-state index contributed by atoms with van der Waals surface area (Å²) in [5.41, 5.74) is 3.93. The number of para-hydroxylation sites is 1. The minimum atomic E-state index is -0.847. The average molecular weight is 465 g/mol. The van der Waals surface area contributed by atoms with Crippen LogP contribution < -0.4 is 10.1 Å². The zero-order valence-corrected chi connectivity index (χ0v) is 20.0. The SMILES string of the molecule is CC(=O)[C@@H]1C[C@]1(C(=O)NCc1ccccc1)c1cccc(OCc2cc(C)nc3ccccc23)c1. The molecule has 35 heavy (non-hydrogen) atoms. The van der Waals surface area contributed by atoms with Crippen molar-refractivity contribution in [2.75, 3.05) is 0 Å². The normalized spacial score (nSPS) is 18.7. The minimum Gasteiger partial charge on any atom is -0.489 e. The highest BCUT2D eigenvalue weighted by atomic mass is 16.5. The van der Waals surface area contributed by atoms with Gasteiger partial charge in [-0.25, -0.2) is 0 Å². The fourth-order valence-electron chi connectivity index (χ4n) is 4.93. The Morgan fingerprint density at radius 3 is 2.54 bits per heavy atom. The molecule has 1 heterocycles. The van der Waals surface area contributed by atoms with Crippen LogP contribution in [0.1, 0.15) is 35.7 Å². The predicted octanol–water partition coefficient (Wildman–Crippen LogP) is 5.29. The fourth-order valence-corrected chi connectivity index (χ4v) is 4.93. The van der Waals surface area contributed by atoms with Crippen LogP contribution in [0.2, 0.25) is 0 Å². The first-order valence-electron chi connectivity index (χ1n) is 11.9. The molecule has 1 fully saturated rings. The molecule has 1 aromatic heterocycles. The van der Waals surface area contributed by atoms with Crippen LogP contribution in [0.25, 0.3) is 10.9 Å².